The summed E-state index contributed by atoms with van der Waals surface area (Å²) in [6.45, 7) is 4.22. The summed E-state index contributed by atoms with van der Waals surface area (Å²) < 4.78 is 2.23. The van der Waals surface area contributed by atoms with Gasteiger partial charge in [0.25, 0.3) is 0 Å². The standard InChI is InChI=1S/C13H19N3/c1-4-11-5-6-12-13(9-11)16(10-14-12)8-7-15(2)3/h5-6,9-10H,4,7-8H2,1-3H3. The van der Waals surface area contributed by atoms with E-state index in [1.165, 1.54) is 11.1 Å². The molecule has 1 aromatic heterocycles. The van der Waals surface area contributed by atoms with E-state index in [0.717, 1.165) is 25.0 Å². The Morgan fingerprint density at radius 2 is 2.12 bits per heavy atom. The summed E-state index contributed by atoms with van der Waals surface area (Å²) in [6, 6.07) is 6.52. The van der Waals surface area contributed by atoms with Crippen molar-refractivity contribution in [1.29, 1.82) is 0 Å². The molecule has 0 bridgehead atoms. The van der Waals surface area contributed by atoms with Crippen LogP contribution in [0.15, 0.2) is 24.5 Å². The third-order valence-electron chi connectivity index (χ3n) is 2.88. The van der Waals surface area contributed by atoms with Gasteiger partial charge in [0.1, 0.15) is 0 Å². The summed E-state index contributed by atoms with van der Waals surface area (Å²) in [5, 5.41) is 0. The molecule has 3 nitrogen and oxygen atoms in total. The molecular formula is C13H19N3. The molecule has 0 aliphatic rings. The number of nitrogens with zero attached hydrogens (tertiary/aromatic N) is 3. The van der Waals surface area contributed by atoms with Gasteiger partial charge in [0.15, 0.2) is 0 Å². The fourth-order valence-electron chi connectivity index (χ4n) is 1.81. The monoisotopic (exact) mass is 217 g/mol. The summed E-state index contributed by atoms with van der Waals surface area (Å²) in [5.41, 5.74) is 3.72. The highest BCUT2D eigenvalue weighted by Crippen LogP contribution is 2.15. The number of fused-ring (bicyclic) bond motifs is 1. The van der Waals surface area contributed by atoms with Crippen molar-refractivity contribution in [1.82, 2.24) is 14.5 Å². The molecule has 0 N–H and O–H groups in total. The van der Waals surface area contributed by atoms with Crippen LogP contribution in [0, 0.1) is 0 Å². The van der Waals surface area contributed by atoms with Crippen molar-refractivity contribution in [2.24, 2.45) is 0 Å². The van der Waals surface area contributed by atoms with E-state index in [2.05, 4.69) is 53.7 Å². The first-order valence-electron chi connectivity index (χ1n) is 5.79. The predicted octanol–water partition coefficient (Wildman–Crippen LogP) is 2.16. The van der Waals surface area contributed by atoms with Crippen LogP contribution >= 0.6 is 0 Å². The molecule has 0 saturated carbocycles. The zero-order chi connectivity index (χ0) is 11.5. The van der Waals surface area contributed by atoms with Gasteiger partial charge in [-0.2, -0.15) is 0 Å². The average Bonchev–Trinajstić information content (AvgIpc) is 2.68. The van der Waals surface area contributed by atoms with Gasteiger partial charge in [-0.1, -0.05) is 13.0 Å². The molecule has 0 fully saturated rings. The van der Waals surface area contributed by atoms with Crippen LogP contribution in [0.25, 0.3) is 11.0 Å². The van der Waals surface area contributed by atoms with Gasteiger partial charge < -0.3 is 9.47 Å². The highest BCUT2D eigenvalue weighted by Gasteiger charge is 2.03. The molecule has 0 aliphatic heterocycles. The Labute approximate surface area is 96.7 Å². The topological polar surface area (TPSA) is 21.1 Å². The van der Waals surface area contributed by atoms with Crippen molar-refractivity contribution < 1.29 is 0 Å². The predicted molar refractivity (Wildman–Crippen MR) is 67.7 cm³/mol. The number of hydrogen-bond donors (Lipinski definition) is 0. The second-order valence-corrected chi connectivity index (χ2v) is 4.42. The van der Waals surface area contributed by atoms with Gasteiger partial charge in [-0.15, -0.1) is 0 Å². The Morgan fingerprint density at radius 1 is 1.31 bits per heavy atom. The highest BCUT2D eigenvalue weighted by atomic mass is 15.1. The van der Waals surface area contributed by atoms with Crippen LogP contribution in [0.3, 0.4) is 0 Å². The number of benzene rings is 1. The normalized spacial score (nSPS) is 11.5. The molecule has 0 amide bonds. The van der Waals surface area contributed by atoms with E-state index in [9.17, 15) is 0 Å². The average molecular weight is 217 g/mol. The number of hydrogen-bond acceptors (Lipinski definition) is 2. The van der Waals surface area contributed by atoms with Gasteiger partial charge in [0.2, 0.25) is 0 Å². The molecule has 86 valence electrons. The van der Waals surface area contributed by atoms with Crippen LogP contribution in [0.4, 0.5) is 0 Å². The molecule has 1 aromatic carbocycles. The summed E-state index contributed by atoms with van der Waals surface area (Å²) in [6.07, 6.45) is 3.02. The fourth-order valence-corrected chi connectivity index (χ4v) is 1.81. The number of rotatable bonds is 4. The van der Waals surface area contributed by atoms with Crippen LogP contribution in [0.2, 0.25) is 0 Å². The molecule has 0 aliphatic carbocycles. The lowest BCUT2D eigenvalue weighted by molar-refractivity contribution is 0.386. The van der Waals surface area contributed by atoms with Crippen LogP contribution in [-0.4, -0.2) is 35.1 Å². The Balaban J connectivity index is 2.30. The van der Waals surface area contributed by atoms with E-state index in [4.69, 9.17) is 0 Å². The van der Waals surface area contributed by atoms with Crippen molar-refractivity contribution in [3.63, 3.8) is 0 Å². The van der Waals surface area contributed by atoms with Crippen molar-refractivity contribution in [3.05, 3.63) is 30.1 Å². The maximum atomic E-state index is 4.42. The third-order valence-corrected chi connectivity index (χ3v) is 2.88. The summed E-state index contributed by atoms with van der Waals surface area (Å²) in [5.74, 6) is 0. The van der Waals surface area contributed by atoms with E-state index in [1.54, 1.807) is 0 Å². The first kappa shape index (κ1) is 11.1. The van der Waals surface area contributed by atoms with Gasteiger partial charge in [-0.25, -0.2) is 4.98 Å². The van der Waals surface area contributed by atoms with Crippen molar-refractivity contribution in [3.8, 4) is 0 Å². The van der Waals surface area contributed by atoms with E-state index < -0.39 is 0 Å². The van der Waals surface area contributed by atoms with Crippen LogP contribution in [-0.2, 0) is 13.0 Å². The molecule has 0 atom stereocenters. The largest absolute Gasteiger partial charge is 0.329 e. The number of imidazole rings is 1. The molecule has 2 aromatic rings. The third kappa shape index (κ3) is 2.25. The van der Waals surface area contributed by atoms with E-state index >= 15 is 0 Å². The minimum Gasteiger partial charge on any atom is -0.329 e. The Hall–Kier alpha value is -1.35. The Morgan fingerprint density at radius 3 is 2.81 bits per heavy atom. The zero-order valence-electron chi connectivity index (χ0n) is 10.3. The molecule has 0 saturated heterocycles. The van der Waals surface area contributed by atoms with Crippen molar-refractivity contribution in [2.75, 3.05) is 20.6 Å². The minimum absolute atomic E-state index is 0.997. The van der Waals surface area contributed by atoms with Gasteiger partial charge in [-0.05, 0) is 38.2 Å². The van der Waals surface area contributed by atoms with E-state index in [0.29, 0.717) is 0 Å². The van der Waals surface area contributed by atoms with Crippen LogP contribution in [0.1, 0.15) is 12.5 Å². The van der Waals surface area contributed by atoms with Crippen molar-refractivity contribution >= 4 is 11.0 Å². The first-order chi connectivity index (χ1) is 7.70. The quantitative estimate of drug-likeness (QED) is 0.782. The summed E-state index contributed by atoms with van der Waals surface area (Å²) >= 11 is 0. The number of aromatic nitrogens is 2. The number of likely N-dealkylation sites (N-methyl/N-ethyl adjacent to an activating group) is 1. The molecule has 0 spiro atoms. The lowest BCUT2D eigenvalue weighted by Crippen LogP contribution is -2.17. The molecule has 16 heavy (non-hydrogen) atoms. The fraction of sp³-hybridized carbons (Fsp3) is 0.462. The van der Waals surface area contributed by atoms with Gasteiger partial charge in [0, 0.05) is 13.1 Å². The molecule has 0 radical (unpaired) electrons. The smallest absolute Gasteiger partial charge is 0.0958 e. The molecule has 2 rings (SSSR count). The Kier molecular flexibility index (Phi) is 3.25. The van der Waals surface area contributed by atoms with Crippen molar-refractivity contribution in [2.45, 2.75) is 19.9 Å². The number of aryl methyl sites for hydroxylation is 1. The molecule has 0 unspecified atom stereocenters. The maximum absolute atomic E-state index is 4.42. The SMILES string of the molecule is CCc1ccc2ncn(CCN(C)C)c2c1. The summed E-state index contributed by atoms with van der Waals surface area (Å²) in [7, 11) is 4.19. The van der Waals surface area contributed by atoms with E-state index in [1.807, 2.05) is 6.33 Å². The van der Waals surface area contributed by atoms with Crippen LogP contribution in [0.5, 0.6) is 0 Å². The second-order valence-electron chi connectivity index (χ2n) is 4.42. The summed E-state index contributed by atoms with van der Waals surface area (Å²) in [4.78, 5) is 6.61. The van der Waals surface area contributed by atoms with Gasteiger partial charge in [0.05, 0.1) is 17.4 Å². The maximum Gasteiger partial charge on any atom is 0.0958 e. The Bertz CT molecular complexity index is 471. The molecule has 3 heteroatoms. The first-order valence-corrected chi connectivity index (χ1v) is 5.79. The highest BCUT2D eigenvalue weighted by molar-refractivity contribution is 5.76. The zero-order valence-corrected chi connectivity index (χ0v) is 10.3. The second kappa shape index (κ2) is 4.66. The molecular weight excluding hydrogens is 198 g/mol. The van der Waals surface area contributed by atoms with Gasteiger partial charge >= 0.3 is 0 Å². The lowest BCUT2D eigenvalue weighted by atomic mass is 10.1. The van der Waals surface area contributed by atoms with Crippen LogP contribution < -0.4 is 0 Å². The van der Waals surface area contributed by atoms with Gasteiger partial charge in [-0.3, -0.25) is 0 Å². The lowest BCUT2D eigenvalue weighted by Gasteiger charge is -2.10. The van der Waals surface area contributed by atoms with E-state index in [-0.39, 0.29) is 0 Å². The minimum atomic E-state index is 0.997. The molecule has 1 heterocycles.